The minimum Gasteiger partial charge on any atom is -0.386 e. The van der Waals surface area contributed by atoms with E-state index in [1.54, 1.807) is 54.9 Å². The average molecular weight is 516 g/mol. The van der Waals surface area contributed by atoms with Crippen LogP contribution in [0.1, 0.15) is 25.0 Å². The van der Waals surface area contributed by atoms with Gasteiger partial charge in [-0.2, -0.15) is 17.5 Å². The van der Waals surface area contributed by atoms with Crippen LogP contribution in [0.2, 0.25) is 0 Å². The smallest absolute Gasteiger partial charge is 0.386 e. The van der Waals surface area contributed by atoms with E-state index in [4.69, 9.17) is 0 Å². The van der Waals surface area contributed by atoms with Crippen molar-refractivity contribution in [1.29, 1.82) is 0 Å². The normalized spacial score (nSPS) is 15.5. The summed E-state index contributed by atoms with van der Waals surface area (Å²) in [7, 11) is -3.57. The lowest BCUT2D eigenvalue weighted by molar-refractivity contribution is -0.173. The Labute approximate surface area is 200 Å². The molecule has 1 fully saturated rings. The molecule has 1 aliphatic heterocycles. The second kappa shape index (κ2) is 9.95. The Morgan fingerprint density at radius 2 is 1.85 bits per heavy atom. The van der Waals surface area contributed by atoms with Crippen LogP contribution in [-0.2, 0) is 20.4 Å². The summed E-state index contributed by atoms with van der Waals surface area (Å²) in [5, 5.41) is 13.8. The highest BCUT2D eigenvalue weighted by atomic mass is 32.2. The average Bonchev–Trinajstić information content (AvgIpc) is 3.31. The molecule has 7 nitrogen and oxygen atoms in total. The number of sulfonamides is 1. The lowest BCUT2D eigenvalue weighted by Crippen LogP contribution is -2.48. The van der Waals surface area contributed by atoms with Crippen LogP contribution in [0.25, 0.3) is 0 Å². The van der Waals surface area contributed by atoms with Crippen LogP contribution in [0, 0.1) is 11.8 Å². The zero-order chi connectivity index (χ0) is 25.1. The third kappa shape index (κ3) is 6.09. The van der Waals surface area contributed by atoms with Gasteiger partial charge in [-0.15, -0.1) is 11.3 Å². The Hall–Kier alpha value is -2.59. The summed E-state index contributed by atoms with van der Waals surface area (Å²) in [5.74, 6) is 3.22. The maximum absolute atomic E-state index is 12.8. The van der Waals surface area contributed by atoms with E-state index in [1.807, 2.05) is 4.90 Å². The number of piperazine rings is 1. The van der Waals surface area contributed by atoms with Crippen molar-refractivity contribution in [3.63, 3.8) is 0 Å². The molecule has 0 saturated carbocycles. The van der Waals surface area contributed by atoms with Gasteiger partial charge in [-0.1, -0.05) is 24.0 Å². The molecular formula is C22H24F3N3O4S2. The maximum Gasteiger partial charge on any atom is 0.471 e. The number of hydrogen-bond acceptors (Lipinski definition) is 6. The number of carbonyl (C=O) groups is 1. The number of nitrogens with one attached hydrogen (secondary N) is 1. The number of benzene rings is 1. The molecule has 2 N–H and O–H groups in total. The fraction of sp³-hybridized carbons (Fsp3) is 0.409. The quantitative estimate of drug-likeness (QED) is 0.598. The first-order valence-corrected chi connectivity index (χ1v) is 12.6. The largest absolute Gasteiger partial charge is 0.471 e. The lowest BCUT2D eigenvalue weighted by Gasteiger charge is -2.36. The molecule has 2 heterocycles. The zero-order valence-electron chi connectivity index (χ0n) is 18.5. The third-order valence-electron chi connectivity index (χ3n) is 5.19. The number of alkyl halides is 3. The van der Waals surface area contributed by atoms with Gasteiger partial charge in [0.1, 0.15) is 4.21 Å². The summed E-state index contributed by atoms with van der Waals surface area (Å²) in [6.45, 7) is 3.95. The van der Waals surface area contributed by atoms with Gasteiger partial charge in [0.25, 0.3) is 10.0 Å². The first-order chi connectivity index (χ1) is 15.8. The second-order valence-electron chi connectivity index (χ2n) is 8.10. The molecule has 0 bridgehead atoms. The van der Waals surface area contributed by atoms with Crippen molar-refractivity contribution in [3.8, 4) is 11.8 Å². The van der Waals surface area contributed by atoms with Crippen LogP contribution >= 0.6 is 11.3 Å². The molecular weight excluding hydrogens is 491 g/mol. The summed E-state index contributed by atoms with van der Waals surface area (Å²) in [6.07, 6.45) is -4.99. The highest BCUT2D eigenvalue weighted by molar-refractivity contribution is 7.91. The number of amides is 1. The Balaban J connectivity index is 1.79. The first-order valence-electron chi connectivity index (χ1n) is 10.3. The molecule has 3 rings (SSSR count). The molecule has 0 atom stereocenters. The van der Waals surface area contributed by atoms with Gasteiger partial charge in [-0.05, 0) is 43.0 Å². The number of halogens is 3. The SMILES string of the molecule is CC(C)(O)c1ccc(N2CCN(S(=O)(=O)c3cccs3)CC2)c(C#CCNC(=O)C(F)(F)F)c1. The molecule has 2 aromatic rings. The van der Waals surface area contributed by atoms with Crippen LogP contribution < -0.4 is 10.2 Å². The Kier molecular flexibility index (Phi) is 7.62. The van der Waals surface area contributed by atoms with E-state index in [0.717, 1.165) is 11.3 Å². The summed E-state index contributed by atoms with van der Waals surface area (Å²) in [5.41, 5.74) is 0.498. The van der Waals surface area contributed by atoms with Crippen molar-refractivity contribution >= 4 is 33.0 Å². The molecule has 12 heteroatoms. The second-order valence-corrected chi connectivity index (χ2v) is 11.2. The van der Waals surface area contributed by atoms with Crippen molar-refractivity contribution < 1.29 is 31.5 Å². The summed E-state index contributed by atoms with van der Waals surface area (Å²) < 4.78 is 64.3. The van der Waals surface area contributed by atoms with E-state index in [0.29, 0.717) is 29.9 Å². The monoisotopic (exact) mass is 515 g/mol. The Morgan fingerprint density at radius 3 is 2.41 bits per heavy atom. The van der Waals surface area contributed by atoms with Crippen molar-refractivity contribution in [2.75, 3.05) is 37.6 Å². The standard InChI is InChI=1S/C22H24F3N3O4S2/c1-21(2,30)17-7-8-18(16(15-17)5-3-9-26-20(29)22(23,24)25)27-10-12-28(13-11-27)34(31,32)19-6-4-14-33-19/h4,6-8,14-15,30H,9-13H2,1-2H3,(H,26,29). The van der Waals surface area contributed by atoms with Crippen molar-refractivity contribution in [3.05, 3.63) is 46.8 Å². The van der Waals surface area contributed by atoms with E-state index in [1.165, 1.54) is 4.31 Å². The van der Waals surface area contributed by atoms with Gasteiger partial charge in [0.2, 0.25) is 0 Å². The van der Waals surface area contributed by atoms with Crippen LogP contribution in [0.5, 0.6) is 0 Å². The van der Waals surface area contributed by atoms with E-state index >= 15 is 0 Å². The molecule has 0 spiro atoms. The van der Waals surface area contributed by atoms with Gasteiger partial charge in [0.05, 0.1) is 17.8 Å². The minimum absolute atomic E-state index is 0.252. The molecule has 1 aliphatic rings. The Bertz CT molecular complexity index is 1190. The van der Waals surface area contributed by atoms with Gasteiger partial charge in [0, 0.05) is 31.7 Å². The van der Waals surface area contributed by atoms with E-state index in [2.05, 4.69) is 11.8 Å². The number of rotatable bonds is 5. The topological polar surface area (TPSA) is 89.9 Å². The van der Waals surface area contributed by atoms with Crippen molar-refractivity contribution in [2.45, 2.75) is 29.8 Å². The fourth-order valence-corrected chi connectivity index (χ4v) is 5.93. The van der Waals surface area contributed by atoms with E-state index in [9.17, 15) is 31.5 Å². The van der Waals surface area contributed by atoms with E-state index < -0.39 is 34.3 Å². The van der Waals surface area contributed by atoms with Crippen LogP contribution in [0.15, 0.2) is 39.9 Å². The van der Waals surface area contributed by atoms with Crippen LogP contribution in [0.3, 0.4) is 0 Å². The first kappa shape index (κ1) is 26.0. The highest BCUT2D eigenvalue weighted by Crippen LogP contribution is 2.29. The van der Waals surface area contributed by atoms with Crippen molar-refractivity contribution in [1.82, 2.24) is 9.62 Å². The van der Waals surface area contributed by atoms with Crippen molar-refractivity contribution in [2.24, 2.45) is 0 Å². The number of carbonyl (C=O) groups excluding carboxylic acids is 1. The molecule has 1 saturated heterocycles. The number of thiophene rings is 1. The van der Waals surface area contributed by atoms with Gasteiger partial charge in [-0.3, -0.25) is 4.79 Å². The number of aliphatic hydroxyl groups is 1. The minimum atomic E-state index is -4.99. The summed E-state index contributed by atoms with van der Waals surface area (Å²) in [6, 6.07) is 8.35. The van der Waals surface area contributed by atoms with Crippen LogP contribution in [0.4, 0.5) is 18.9 Å². The van der Waals surface area contributed by atoms with Gasteiger partial charge in [0.15, 0.2) is 0 Å². The molecule has 0 aliphatic carbocycles. The molecule has 34 heavy (non-hydrogen) atoms. The predicted molar refractivity (Wildman–Crippen MR) is 123 cm³/mol. The lowest BCUT2D eigenvalue weighted by atomic mass is 9.95. The molecule has 0 radical (unpaired) electrons. The highest BCUT2D eigenvalue weighted by Gasteiger charge is 2.38. The van der Waals surface area contributed by atoms with Gasteiger partial charge >= 0.3 is 12.1 Å². The maximum atomic E-state index is 12.8. The Morgan fingerprint density at radius 1 is 1.18 bits per heavy atom. The summed E-state index contributed by atoms with van der Waals surface area (Å²) >= 11 is 1.16. The van der Waals surface area contributed by atoms with Gasteiger partial charge in [-0.25, -0.2) is 8.42 Å². The number of nitrogens with zero attached hydrogens (tertiary/aromatic N) is 2. The molecule has 1 aromatic heterocycles. The van der Waals surface area contributed by atoms with E-state index in [-0.39, 0.29) is 17.3 Å². The number of hydrogen-bond donors (Lipinski definition) is 2. The molecule has 0 unspecified atom stereocenters. The zero-order valence-corrected chi connectivity index (χ0v) is 20.1. The molecule has 1 aromatic carbocycles. The molecule has 1 amide bonds. The van der Waals surface area contributed by atoms with Crippen LogP contribution in [-0.4, -0.2) is 62.6 Å². The fourth-order valence-electron chi connectivity index (χ4n) is 3.36. The number of anilines is 1. The third-order valence-corrected chi connectivity index (χ3v) is 8.46. The molecule has 184 valence electrons. The van der Waals surface area contributed by atoms with Gasteiger partial charge < -0.3 is 15.3 Å². The summed E-state index contributed by atoms with van der Waals surface area (Å²) in [4.78, 5) is 12.9. The predicted octanol–water partition coefficient (Wildman–Crippen LogP) is 2.52.